The van der Waals surface area contributed by atoms with E-state index in [9.17, 15) is 0 Å². The van der Waals surface area contributed by atoms with Gasteiger partial charge in [0.15, 0.2) is 5.89 Å². The first kappa shape index (κ1) is 12.0. The summed E-state index contributed by atoms with van der Waals surface area (Å²) in [5.74, 6) is 4.05. The van der Waals surface area contributed by atoms with Gasteiger partial charge in [-0.15, -0.1) is 0 Å². The molecule has 1 N–H and O–H groups in total. The second-order valence-electron chi connectivity index (χ2n) is 4.27. The lowest BCUT2D eigenvalue weighted by molar-refractivity contribution is 0.430. The molecule has 0 amide bonds. The summed E-state index contributed by atoms with van der Waals surface area (Å²) in [6.07, 6.45) is 6.43. The highest BCUT2D eigenvalue weighted by Crippen LogP contribution is 2.30. The Labute approximate surface area is 101 Å². The predicted molar refractivity (Wildman–Crippen MR) is 68.1 cm³/mol. The highest BCUT2D eigenvalue weighted by molar-refractivity contribution is 7.99. The van der Waals surface area contributed by atoms with E-state index in [0.717, 1.165) is 31.0 Å². The molecule has 0 bridgehead atoms. The molecule has 1 aromatic rings. The lowest BCUT2D eigenvalue weighted by Crippen LogP contribution is -2.09. The van der Waals surface area contributed by atoms with E-state index in [1.54, 1.807) is 0 Å². The standard InChI is InChI=1S/C12H20N2OS/c1-13-6-2-3-11-9-15-12(14-11)10-4-7-16-8-5-10/h9-10,13H,2-8H2,1H3. The molecule has 1 saturated heterocycles. The summed E-state index contributed by atoms with van der Waals surface area (Å²) >= 11 is 2.04. The van der Waals surface area contributed by atoms with Crippen LogP contribution in [0.25, 0.3) is 0 Å². The Morgan fingerprint density at radius 3 is 3.06 bits per heavy atom. The van der Waals surface area contributed by atoms with Crippen LogP contribution < -0.4 is 5.32 Å². The van der Waals surface area contributed by atoms with E-state index in [2.05, 4.69) is 10.3 Å². The van der Waals surface area contributed by atoms with Gasteiger partial charge in [-0.3, -0.25) is 0 Å². The molecule has 4 heteroatoms. The first-order valence-corrected chi connectivity index (χ1v) is 7.22. The third-order valence-electron chi connectivity index (χ3n) is 3.00. The van der Waals surface area contributed by atoms with Crippen molar-refractivity contribution in [2.75, 3.05) is 25.1 Å². The van der Waals surface area contributed by atoms with Crippen molar-refractivity contribution in [3.63, 3.8) is 0 Å². The van der Waals surface area contributed by atoms with Crippen molar-refractivity contribution in [2.24, 2.45) is 0 Å². The van der Waals surface area contributed by atoms with Gasteiger partial charge in [0.2, 0.25) is 0 Å². The Hall–Kier alpha value is -0.480. The van der Waals surface area contributed by atoms with Crippen molar-refractivity contribution >= 4 is 11.8 Å². The van der Waals surface area contributed by atoms with Gasteiger partial charge in [-0.2, -0.15) is 11.8 Å². The van der Waals surface area contributed by atoms with Crippen LogP contribution in [0, 0.1) is 0 Å². The topological polar surface area (TPSA) is 38.1 Å². The maximum absolute atomic E-state index is 5.59. The molecule has 1 aromatic heterocycles. The average molecular weight is 240 g/mol. The second-order valence-corrected chi connectivity index (χ2v) is 5.50. The van der Waals surface area contributed by atoms with E-state index in [4.69, 9.17) is 4.42 Å². The Morgan fingerprint density at radius 1 is 1.50 bits per heavy atom. The van der Waals surface area contributed by atoms with Gasteiger partial charge in [-0.25, -0.2) is 4.98 Å². The van der Waals surface area contributed by atoms with Crippen LogP contribution in [0.3, 0.4) is 0 Å². The molecule has 0 unspecified atom stereocenters. The maximum atomic E-state index is 5.59. The highest BCUT2D eigenvalue weighted by Gasteiger charge is 2.20. The smallest absolute Gasteiger partial charge is 0.197 e. The SMILES string of the molecule is CNCCCc1coc(C2CCSCC2)n1. The summed E-state index contributed by atoms with van der Waals surface area (Å²) < 4.78 is 5.59. The number of nitrogens with zero attached hydrogens (tertiary/aromatic N) is 1. The number of rotatable bonds is 5. The van der Waals surface area contributed by atoms with Crippen LogP contribution in [0.1, 0.15) is 36.8 Å². The third kappa shape index (κ3) is 3.25. The Kier molecular flexibility index (Phi) is 4.72. The minimum absolute atomic E-state index is 0.569. The molecule has 0 spiro atoms. The number of hydrogen-bond donors (Lipinski definition) is 1. The number of hydrogen-bond acceptors (Lipinski definition) is 4. The van der Waals surface area contributed by atoms with E-state index in [0.29, 0.717) is 5.92 Å². The lowest BCUT2D eigenvalue weighted by atomic mass is 10.0. The molecule has 1 fully saturated rings. The Balaban J connectivity index is 1.85. The van der Waals surface area contributed by atoms with Gasteiger partial charge >= 0.3 is 0 Å². The van der Waals surface area contributed by atoms with Gasteiger partial charge in [0.25, 0.3) is 0 Å². The number of aromatic nitrogens is 1. The normalized spacial score (nSPS) is 17.8. The van der Waals surface area contributed by atoms with E-state index in [-0.39, 0.29) is 0 Å². The first-order chi connectivity index (χ1) is 7.90. The molecule has 3 nitrogen and oxygen atoms in total. The van der Waals surface area contributed by atoms with Crippen LogP contribution in [0.5, 0.6) is 0 Å². The number of thioether (sulfide) groups is 1. The van der Waals surface area contributed by atoms with Gasteiger partial charge in [-0.05, 0) is 50.8 Å². The van der Waals surface area contributed by atoms with Crippen molar-refractivity contribution in [3.05, 3.63) is 17.8 Å². The van der Waals surface area contributed by atoms with E-state index >= 15 is 0 Å². The molecule has 0 radical (unpaired) electrons. The lowest BCUT2D eigenvalue weighted by Gasteiger charge is -2.17. The third-order valence-corrected chi connectivity index (χ3v) is 4.05. The summed E-state index contributed by atoms with van der Waals surface area (Å²) in [6.45, 7) is 1.04. The average Bonchev–Trinajstić information content (AvgIpc) is 2.79. The van der Waals surface area contributed by atoms with Crippen molar-refractivity contribution in [2.45, 2.75) is 31.6 Å². The fourth-order valence-corrected chi connectivity index (χ4v) is 3.12. The van der Waals surface area contributed by atoms with Crippen molar-refractivity contribution < 1.29 is 4.42 Å². The summed E-state index contributed by atoms with van der Waals surface area (Å²) in [7, 11) is 1.98. The summed E-state index contributed by atoms with van der Waals surface area (Å²) in [5.41, 5.74) is 1.11. The zero-order valence-corrected chi connectivity index (χ0v) is 10.7. The van der Waals surface area contributed by atoms with Gasteiger partial charge < -0.3 is 9.73 Å². The second kappa shape index (κ2) is 6.30. The van der Waals surface area contributed by atoms with Crippen molar-refractivity contribution in [3.8, 4) is 0 Å². The minimum atomic E-state index is 0.569. The summed E-state index contributed by atoms with van der Waals surface area (Å²) in [5, 5.41) is 3.15. The van der Waals surface area contributed by atoms with Crippen LogP contribution in [0.2, 0.25) is 0 Å². The van der Waals surface area contributed by atoms with Crippen molar-refractivity contribution in [1.29, 1.82) is 0 Å². The maximum Gasteiger partial charge on any atom is 0.197 e. The van der Waals surface area contributed by atoms with Crippen LogP contribution in [0.15, 0.2) is 10.7 Å². The van der Waals surface area contributed by atoms with Gasteiger partial charge in [0.1, 0.15) is 6.26 Å². The fraction of sp³-hybridized carbons (Fsp3) is 0.750. The predicted octanol–water partition coefficient (Wildman–Crippen LogP) is 2.44. The molecule has 0 saturated carbocycles. The summed E-state index contributed by atoms with van der Waals surface area (Å²) in [4.78, 5) is 4.60. The Bertz CT molecular complexity index is 308. The molecule has 1 aliphatic rings. The van der Waals surface area contributed by atoms with Gasteiger partial charge in [0.05, 0.1) is 5.69 Å². The van der Waals surface area contributed by atoms with Gasteiger partial charge in [-0.1, -0.05) is 0 Å². The van der Waals surface area contributed by atoms with E-state index < -0.39 is 0 Å². The molecule has 2 rings (SSSR count). The fourth-order valence-electron chi connectivity index (χ4n) is 2.02. The van der Waals surface area contributed by atoms with E-state index in [1.807, 2.05) is 25.1 Å². The largest absolute Gasteiger partial charge is 0.448 e. The molecule has 90 valence electrons. The highest BCUT2D eigenvalue weighted by atomic mass is 32.2. The molecule has 0 aliphatic carbocycles. The zero-order valence-electron chi connectivity index (χ0n) is 9.87. The van der Waals surface area contributed by atoms with Crippen molar-refractivity contribution in [1.82, 2.24) is 10.3 Å². The molecular formula is C12H20N2OS. The number of nitrogens with one attached hydrogen (secondary N) is 1. The van der Waals surface area contributed by atoms with Crippen LogP contribution in [0.4, 0.5) is 0 Å². The van der Waals surface area contributed by atoms with Gasteiger partial charge in [0, 0.05) is 5.92 Å². The monoisotopic (exact) mass is 240 g/mol. The molecule has 1 aliphatic heterocycles. The van der Waals surface area contributed by atoms with Crippen LogP contribution in [-0.2, 0) is 6.42 Å². The van der Waals surface area contributed by atoms with E-state index in [1.165, 1.54) is 24.3 Å². The summed E-state index contributed by atoms with van der Waals surface area (Å²) in [6, 6.07) is 0. The first-order valence-electron chi connectivity index (χ1n) is 6.07. The number of aryl methyl sites for hydroxylation is 1. The molecule has 0 aromatic carbocycles. The quantitative estimate of drug-likeness (QED) is 0.802. The number of oxazole rings is 1. The van der Waals surface area contributed by atoms with Crippen LogP contribution >= 0.6 is 11.8 Å². The molecular weight excluding hydrogens is 220 g/mol. The zero-order chi connectivity index (χ0) is 11.2. The van der Waals surface area contributed by atoms with Crippen LogP contribution in [-0.4, -0.2) is 30.1 Å². The molecule has 16 heavy (non-hydrogen) atoms. The molecule has 2 heterocycles. The minimum Gasteiger partial charge on any atom is -0.448 e. The Morgan fingerprint density at radius 2 is 2.31 bits per heavy atom. The molecule has 0 atom stereocenters.